The second kappa shape index (κ2) is 5.57. The monoisotopic (exact) mass is 307 g/mol. The van der Waals surface area contributed by atoms with Crippen LogP contribution in [-0.4, -0.2) is 32.0 Å². The molecule has 1 aromatic heterocycles. The molecule has 0 bridgehead atoms. The zero-order chi connectivity index (χ0) is 15.7. The highest BCUT2D eigenvalue weighted by Gasteiger charge is 2.25. The number of hydrogen-bond acceptors (Lipinski definition) is 5. The number of benzene rings is 1. The van der Waals surface area contributed by atoms with E-state index in [2.05, 4.69) is 5.10 Å². The van der Waals surface area contributed by atoms with E-state index in [1.54, 1.807) is 31.4 Å². The minimum atomic E-state index is -1.09. The van der Waals surface area contributed by atoms with Crippen LogP contribution in [0.4, 0.5) is 5.69 Å². The molecule has 110 valence electrons. The maximum absolute atomic E-state index is 11.5. The maximum atomic E-state index is 11.5. The molecule has 8 heteroatoms. The Morgan fingerprint density at radius 3 is 2.57 bits per heavy atom. The van der Waals surface area contributed by atoms with Crippen molar-refractivity contribution in [3.05, 3.63) is 45.3 Å². The van der Waals surface area contributed by atoms with Crippen LogP contribution in [0.25, 0.3) is 5.69 Å². The van der Waals surface area contributed by atoms with Gasteiger partial charge in [0, 0.05) is 4.90 Å². The third kappa shape index (κ3) is 2.49. The van der Waals surface area contributed by atoms with Gasteiger partial charge in [-0.15, -0.1) is 11.8 Å². The molecule has 2 aromatic rings. The second-order valence-corrected chi connectivity index (χ2v) is 5.20. The fourth-order valence-corrected chi connectivity index (χ4v) is 2.83. The highest BCUT2D eigenvalue weighted by atomic mass is 32.2. The van der Waals surface area contributed by atoms with Crippen molar-refractivity contribution in [1.29, 1.82) is 0 Å². The second-order valence-electron chi connectivity index (χ2n) is 4.35. The van der Waals surface area contributed by atoms with Gasteiger partial charge in [0.15, 0.2) is 0 Å². The van der Waals surface area contributed by atoms with Gasteiger partial charge < -0.3 is 5.11 Å². The van der Waals surface area contributed by atoms with Crippen LogP contribution in [0.3, 0.4) is 0 Å². The topological polar surface area (TPSA) is 98.3 Å². The van der Waals surface area contributed by atoms with Crippen LogP contribution in [-0.2, 0) is 0 Å². The minimum absolute atomic E-state index is 0.0884. The molecule has 21 heavy (non-hydrogen) atoms. The molecule has 0 aliphatic heterocycles. The van der Waals surface area contributed by atoms with E-state index in [0.717, 1.165) is 0 Å². The number of aromatic nitrogens is 2. The summed E-state index contributed by atoms with van der Waals surface area (Å²) in [4.78, 5) is 22.7. The molecule has 0 radical (unpaired) electrons. The van der Waals surface area contributed by atoms with Crippen molar-refractivity contribution < 1.29 is 14.8 Å². The predicted molar refractivity (Wildman–Crippen MR) is 78.4 cm³/mol. The summed E-state index contributed by atoms with van der Waals surface area (Å²) in [6.45, 7) is 3.08. The SMILES string of the molecule is CSc1cccc(-n2nc(C)c([N+](=O)[O-])c2C)c1C(=O)O. The van der Waals surface area contributed by atoms with Crippen molar-refractivity contribution in [1.82, 2.24) is 9.78 Å². The van der Waals surface area contributed by atoms with Crippen LogP contribution in [0, 0.1) is 24.0 Å². The molecule has 0 aliphatic rings. The molecule has 0 spiro atoms. The van der Waals surface area contributed by atoms with Crippen LogP contribution < -0.4 is 0 Å². The molecule has 0 aliphatic carbocycles. The summed E-state index contributed by atoms with van der Waals surface area (Å²) in [6, 6.07) is 4.99. The average molecular weight is 307 g/mol. The number of rotatable bonds is 4. The van der Waals surface area contributed by atoms with Crippen molar-refractivity contribution in [2.75, 3.05) is 6.26 Å². The lowest BCUT2D eigenvalue weighted by molar-refractivity contribution is -0.386. The van der Waals surface area contributed by atoms with Gasteiger partial charge in [-0.2, -0.15) is 5.10 Å². The summed E-state index contributed by atoms with van der Waals surface area (Å²) in [6.07, 6.45) is 1.77. The van der Waals surface area contributed by atoms with Crippen molar-refractivity contribution in [2.45, 2.75) is 18.7 Å². The van der Waals surface area contributed by atoms with Gasteiger partial charge >= 0.3 is 11.7 Å². The standard InChI is InChI=1S/C13H13N3O4S/c1-7-12(16(19)20)8(2)15(14-7)9-5-4-6-10(21-3)11(9)13(17)18/h4-6H,1-3H3,(H,17,18). The van der Waals surface area contributed by atoms with Gasteiger partial charge in [0.1, 0.15) is 11.4 Å². The molecule has 2 rings (SSSR count). The van der Waals surface area contributed by atoms with Crippen molar-refractivity contribution in [2.24, 2.45) is 0 Å². The first-order chi connectivity index (χ1) is 9.88. The first-order valence-corrected chi connectivity index (χ1v) is 7.22. The van der Waals surface area contributed by atoms with Crippen molar-refractivity contribution in [3.63, 3.8) is 0 Å². The van der Waals surface area contributed by atoms with E-state index in [9.17, 15) is 20.0 Å². The zero-order valence-corrected chi connectivity index (χ0v) is 12.5. The lowest BCUT2D eigenvalue weighted by atomic mass is 10.1. The largest absolute Gasteiger partial charge is 0.478 e. The Hall–Kier alpha value is -2.35. The summed E-state index contributed by atoms with van der Waals surface area (Å²) in [7, 11) is 0. The number of nitro groups is 1. The summed E-state index contributed by atoms with van der Waals surface area (Å²) >= 11 is 1.30. The fraction of sp³-hybridized carbons (Fsp3) is 0.231. The molecule has 0 saturated carbocycles. The Balaban J connectivity index is 2.77. The van der Waals surface area contributed by atoms with Crippen LogP contribution in [0.15, 0.2) is 23.1 Å². The van der Waals surface area contributed by atoms with E-state index >= 15 is 0 Å². The van der Waals surface area contributed by atoms with Gasteiger partial charge in [-0.25, -0.2) is 9.48 Å². The Kier molecular flexibility index (Phi) is 3.99. The number of thioether (sulfide) groups is 1. The highest BCUT2D eigenvalue weighted by Crippen LogP contribution is 2.30. The van der Waals surface area contributed by atoms with Crippen molar-refractivity contribution in [3.8, 4) is 5.69 Å². The molecule has 1 heterocycles. The molecule has 0 amide bonds. The molecule has 0 atom stereocenters. The molecular formula is C13H13N3O4S. The van der Waals surface area contributed by atoms with Crippen LogP contribution in [0.5, 0.6) is 0 Å². The Bertz CT molecular complexity index is 739. The van der Waals surface area contributed by atoms with E-state index < -0.39 is 10.9 Å². The molecular weight excluding hydrogens is 294 g/mol. The number of carbonyl (C=O) groups is 1. The summed E-state index contributed by atoms with van der Waals surface area (Å²) in [5, 5.41) is 24.6. The normalized spacial score (nSPS) is 10.6. The third-order valence-corrected chi connectivity index (χ3v) is 3.88. The van der Waals surface area contributed by atoms with Crippen molar-refractivity contribution >= 4 is 23.4 Å². The smallest absolute Gasteiger partial charge is 0.339 e. The summed E-state index contributed by atoms with van der Waals surface area (Å²) < 4.78 is 1.32. The Labute approximate surface area is 124 Å². The molecule has 7 nitrogen and oxygen atoms in total. The molecule has 1 aromatic carbocycles. The molecule has 1 N–H and O–H groups in total. The number of nitrogens with zero attached hydrogens (tertiary/aromatic N) is 3. The number of carboxylic acid groups (broad SMARTS) is 1. The number of aromatic carboxylic acids is 1. The summed E-state index contributed by atoms with van der Waals surface area (Å²) in [5.41, 5.74) is 0.871. The molecule has 0 saturated heterocycles. The van der Waals surface area contributed by atoms with Crippen LogP contribution >= 0.6 is 11.8 Å². The van der Waals surface area contributed by atoms with E-state index in [4.69, 9.17) is 0 Å². The van der Waals surface area contributed by atoms with Crippen LogP contribution in [0.2, 0.25) is 0 Å². The van der Waals surface area contributed by atoms with E-state index in [1.165, 1.54) is 23.4 Å². The van der Waals surface area contributed by atoms with Gasteiger partial charge in [0.25, 0.3) is 0 Å². The average Bonchev–Trinajstić information content (AvgIpc) is 2.72. The van der Waals surface area contributed by atoms with Gasteiger partial charge in [-0.1, -0.05) is 6.07 Å². The fourth-order valence-electron chi connectivity index (χ4n) is 2.21. The van der Waals surface area contributed by atoms with E-state index in [1.807, 2.05) is 0 Å². The highest BCUT2D eigenvalue weighted by molar-refractivity contribution is 7.98. The number of hydrogen-bond donors (Lipinski definition) is 1. The first kappa shape index (κ1) is 15.0. The van der Waals surface area contributed by atoms with Gasteiger partial charge in [-0.3, -0.25) is 10.1 Å². The van der Waals surface area contributed by atoms with Gasteiger partial charge in [0.2, 0.25) is 0 Å². The Morgan fingerprint density at radius 1 is 1.43 bits per heavy atom. The van der Waals surface area contributed by atoms with E-state index in [0.29, 0.717) is 16.3 Å². The van der Waals surface area contributed by atoms with Crippen LogP contribution in [0.1, 0.15) is 21.7 Å². The first-order valence-electron chi connectivity index (χ1n) is 5.99. The van der Waals surface area contributed by atoms with Gasteiger partial charge in [-0.05, 0) is 32.2 Å². The zero-order valence-electron chi connectivity index (χ0n) is 11.7. The molecule has 0 fully saturated rings. The lowest BCUT2D eigenvalue weighted by Crippen LogP contribution is -2.09. The molecule has 0 unspecified atom stereocenters. The Morgan fingerprint density at radius 2 is 2.10 bits per heavy atom. The number of carboxylic acids is 1. The predicted octanol–water partition coefficient (Wildman–Crippen LogP) is 2.82. The number of aryl methyl sites for hydroxylation is 1. The third-order valence-electron chi connectivity index (χ3n) is 3.10. The van der Waals surface area contributed by atoms with Gasteiger partial charge in [0.05, 0.1) is 16.2 Å². The minimum Gasteiger partial charge on any atom is -0.478 e. The summed E-state index contributed by atoms with van der Waals surface area (Å²) in [5.74, 6) is -1.09. The maximum Gasteiger partial charge on any atom is 0.339 e. The quantitative estimate of drug-likeness (QED) is 0.530. The lowest BCUT2D eigenvalue weighted by Gasteiger charge is -2.10. The van der Waals surface area contributed by atoms with E-state index in [-0.39, 0.29) is 16.9 Å².